The lowest BCUT2D eigenvalue weighted by Gasteiger charge is -2.13. The van der Waals surface area contributed by atoms with Gasteiger partial charge in [0.2, 0.25) is 0 Å². The van der Waals surface area contributed by atoms with Gasteiger partial charge in [0.1, 0.15) is 0 Å². The van der Waals surface area contributed by atoms with Crippen LogP contribution in [0.15, 0.2) is 40.9 Å². The van der Waals surface area contributed by atoms with E-state index in [2.05, 4.69) is 34.1 Å². The third-order valence-electron chi connectivity index (χ3n) is 3.27. The van der Waals surface area contributed by atoms with Crippen LogP contribution in [0.2, 0.25) is 5.02 Å². The summed E-state index contributed by atoms with van der Waals surface area (Å²) in [6.07, 6.45) is 0. The van der Waals surface area contributed by atoms with Crippen molar-refractivity contribution in [3.8, 4) is 0 Å². The van der Waals surface area contributed by atoms with Crippen LogP contribution in [0.25, 0.3) is 0 Å². The molecule has 2 aromatic rings. The Morgan fingerprint density at radius 2 is 1.84 bits per heavy atom. The van der Waals surface area contributed by atoms with Crippen molar-refractivity contribution in [2.45, 2.75) is 18.6 Å². The Bertz CT molecular complexity index is 628. The summed E-state index contributed by atoms with van der Waals surface area (Å²) in [5.74, 6) is 0. The van der Waals surface area contributed by atoms with Gasteiger partial charge in [-0.2, -0.15) is 0 Å². The molecule has 1 aliphatic heterocycles. The van der Waals surface area contributed by atoms with E-state index in [0.29, 0.717) is 18.2 Å². The summed E-state index contributed by atoms with van der Waals surface area (Å²) >= 11 is 16.0. The first kappa shape index (κ1) is 13.4. The van der Waals surface area contributed by atoms with Crippen molar-refractivity contribution in [2.75, 3.05) is 0 Å². The molecule has 0 saturated heterocycles. The number of hydrogen-bond acceptors (Lipinski definition) is 1. The molecule has 0 amide bonds. The Hall–Kier alpha value is -0.540. The number of halogens is 3. The summed E-state index contributed by atoms with van der Waals surface area (Å²) in [6.45, 7) is 1.38. The molecule has 0 spiro atoms. The number of benzene rings is 2. The van der Waals surface area contributed by atoms with Gasteiger partial charge in [0.15, 0.2) is 0 Å². The summed E-state index contributed by atoms with van der Waals surface area (Å²) in [5, 5.41) is 0.499. The minimum atomic E-state index is -0.197. The molecular weight excluding hydrogens is 347 g/mol. The Morgan fingerprint density at radius 1 is 1.05 bits per heavy atom. The van der Waals surface area contributed by atoms with Crippen molar-refractivity contribution >= 4 is 39.1 Å². The minimum Gasteiger partial charge on any atom is -0.372 e. The van der Waals surface area contributed by atoms with Gasteiger partial charge in [-0.15, -0.1) is 11.6 Å². The second kappa shape index (κ2) is 5.45. The van der Waals surface area contributed by atoms with Crippen LogP contribution in [-0.2, 0) is 18.0 Å². The highest BCUT2D eigenvalue weighted by Crippen LogP contribution is 2.36. The number of rotatable bonds is 2. The molecule has 1 aliphatic rings. The van der Waals surface area contributed by atoms with Crippen molar-refractivity contribution in [1.29, 1.82) is 0 Å². The summed E-state index contributed by atoms with van der Waals surface area (Å²) in [5.41, 5.74) is 4.58. The third-order valence-corrected chi connectivity index (χ3v) is 4.68. The molecule has 0 bridgehead atoms. The fourth-order valence-electron chi connectivity index (χ4n) is 2.24. The Labute approximate surface area is 130 Å². The smallest absolute Gasteiger partial charge is 0.0846 e. The zero-order valence-corrected chi connectivity index (χ0v) is 13.1. The molecule has 0 fully saturated rings. The number of ether oxygens (including phenoxy) is 1. The highest BCUT2D eigenvalue weighted by atomic mass is 79.9. The van der Waals surface area contributed by atoms with E-state index in [0.717, 1.165) is 15.6 Å². The lowest BCUT2D eigenvalue weighted by atomic mass is 10.00. The first-order valence-corrected chi connectivity index (χ1v) is 7.54. The molecule has 0 saturated carbocycles. The second-order valence-electron chi connectivity index (χ2n) is 4.55. The van der Waals surface area contributed by atoms with Crippen LogP contribution in [0.3, 0.4) is 0 Å². The van der Waals surface area contributed by atoms with Crippen LogP contribution in [0.5, 0.6) is 0 Å². The molecule has 1 unspecified atom stereocenters. The quantitative estimate of drug-likeness (QED) is 0.648. The molecule has 1 atom stereocenters. The van der Waals surface area contributed by atoms with Gasteiger partial charge in [0.05, 0.1) is 18.6 Å². The fourth-order valence-corrected chi connectivity index (χ4v) is 3.61. The van der Waals surface area contributed by atoms with Crippen molar-refractivity contribution in [3.05, 3.63) is 68.1 Å². The van der Waals surface area contributed by atoms with Gasteiger partial charge in [0.25, 0.3) is 0 Å². The lowest BCUT2D eigenvalue weighted by Crippen LogP contribution is -1.96. The van der Waals surface area contributed by atoms with Crippen LogP contribution < -0.4 is 0 Å². The van der Waals surface area contributed by atoms with E-state index < -0.39 is 0 Å². The van der Waals surface area contributed by atoms with Crippen molar-refractivity contribution in [2.24, 2.45) is 0 Å². The normalized spacial score (nSPS) is 15.3. The van der Waals surface area contributed by atoms with Crippen LogP contribution in [-0.4, -0.2) is 0 Å². The Balaban J connectivity index is 1.97. The maximum atomic E-state index is 6.58. The van der Waals surface area contributed by atoms with E-state index in [1.807, 2.05) is 18.2 Å². The molecule has 4 heteroatoms. The fraction of sp³-hybridized carbons (Fsp3) is 0.200. The predicted octanol–water partition coefficient (Wildman–Crippen LogP) is 5.46. The summed E-state index contributed by atoms with van der Waals surface area (Å²) in [4.78, 5) is 0. The predicted molar refractivity (Wildman–Crippen MR) is 81.8 cm³/mol. The molecule has 1 nitrogen and oxygen atoms in total. The van der Waals surface area contributed by atoms with E-state index in [9.17, 15) is 0 Å². The highest BCUT2D eigenvalue weighted by molar-refractivity contribution is 9.10. The molecule has 19 heavy (non-hydrogen) atoms. The van der Waals surface area contributed by atoms with E-state index >= 15 is 0 Å². The van der Waals surface area contributed by atoms with Gasteiger partial charge in [-0.05, 0) is 34.4 Å². The van der Waals surface area contributed by atoms with Gasteiger partial charge in [0, 0.05) is 9.50 Å². The van der Waals surface area contributed by atoms with Gasteiger partial charge in [-0.3, -0.25) is 0 Å². The molecule has 1 heterocycles. The van der Waals surface area contributed by atoms with Crippen LogP contribution in [0.4, 0.5) is 0 Å². The monoisotopic (exact) mass is 356 g/mol. The first-order chi connectivity index (χ1) is 9.15. The van der Waals surface area contributed by atoms with E-state index in [1.54, 1.807) is 0 Å². The van der Waals surface area contributed by atoms with E-state index in [4.69, 9.17) is 27.9 Å². The Kier molecular flexibility index (Phi) is 3.86. The highest BCUT2D eigenvalue weighted by Gasteiger charge is 2.18. The van der Waals surface area contributed by atoms with Crippen molar-refractivity contribution in [1.82, 2.24) is 0 Å². The summed E-state index contributed by atoms with van der Waals surface area (Å²) in [7, 11) is 0. The SMILES string of the molecule is Clc1ccc(C(Cl)c2ccc3c(c2)COC3)c(Br)c1. The maximum Gasteiger partial charge on any atom is 0.0846 e. The van der Waals surface area contributed by atoms with Crippen LogP contribution in [0.1, 0.15) is 27.6 Å². The largest absolute Gasteiger partial charge is 0.372 e. The minimum absolute atomic E-state index is 0.197. The molecule has 0 radical (unpaired) electrons. The van der Waals surface area contributed by atoms with Crippen molar-refractivity contribution in [3.63, 3.8) is 0 Å². The molecule has 0 aromatic heterocycles. The topological polar surface area (TPSA) is 9.23 Å². The summed E-state index contributed by atoms with van der Waals surface area (Å²) in [6, 6.07) is 12.0. The standard InChI is InChI=1S/C15H11BrCl2O/c16-14-6-12(17)3-4-13(14)15(18)9-1-2-10-7-19-8-11(10)5-9/h1-6,15H,7-8H2. The molecule has 98 valence electrons. The summed E-state index contributed by atoms with van der Waals surface area (Å²) < 4.78 is 6.35. The second-order valence-corrected chi connectivity index (χ2v) is 6.28. The zero-order chi connectivity index (χ0) is 13.4. The number of fused-ring (bicyclic) bond motifs is 1. The average Bonchev–Trinajstić information content (AvgIpc) is 2.85. The average molecular weight is 358 g/mol. The third kappa shape index (κ3) is 2.68. The molecule has 0 aliphatic carbocycles. The van der Waals surface area contributed by atoms with E-state index in [-0.39, 0.29) is 5.38 Å². The molecule has 0 N–H and O–H groups in total. The van der Waals surface area contributed by atoms with E-state index in [1.165, 1.54) is 11.1 Å². The van der Waals surface area contributed by atoms with Gasteiger partial charge in [-0.25, -0.2) is 0 Å². The molecular formula is C15H11BrCl2O. The Morgan fingerprint density at radius 3 is 2.63 bits per heavy atom. The first-order valence-electron chi connectivity index (χ1n) is 5.93. The zero-order valence-electron chi connectivity index (χ0n) is 10.00. The van der Waals surface area contributed by atoms with Gasteiger partial charge < -0.3 is 4.74 Å². The van der Waals surface area contributed by atoms with Gasteiger partial charge in [-0.1, -0.05) is 51.8 Å². The van der Waals surface area contributed by atoms with Gasteiger partial charge >= 0.3 is 0 Å². The van der Waals surface area contributed by atoms with Crippen LogP contribution >= 0.6 is 39.1 Å². The maximum absolute atomic E-state index is 6.58. The van der Waals surface area contributed by atoms with Crippen LogP contribution in [0, 0.1) is 0 Å². The van der Waals surface area contributed by atoms with Crippen molar-refractivity contribution < 1.29 is 4.74 Å². The number of alkyl halides is 1. The lowest BCUT2D eigenvalue weighted by molar-refractivity contribution is 0.134. The molecule has 2 aromatic carbocycles. The molecule has 3 rings (SSSR count). The number of hydrogen-bond donors (Lipinski definition) is 0.